The van der Waals surface area contributed by atoms with Crippen molar-refractivity contribution in [2.24, 2.45) is 11.7 Å². The van der Waals surface area contributed by atoms with Gasteiger partial charge in [0.1, 0.15) is 6.04 Å². The van der Waals surface area contributed by atoms with Crippen LogP contribution in [0.3, 0.4) is 0 Å². The molecule has 0 bridgehead atoms. The van der Waals surface area contributed by atoms with Crippen LogP contribution >= 0.6 is 0 Å². The smallest absolute Gasteiger partial charge is 0.368 e. The lowest BCUT2D eigenvalue weighted by molar-refractivity contribution is -0.356. The largest absolute Gasteiger partial charge is 0.407 e. The van der Waals surface area contributed by atoms with Gasteiger partial charge in [-0.05, 0) is 0 Å². The zero-order valence-electron chi connectivity index (χ0n) is 8.32. The summed E-state index contributed by atoms with van der Waals surface area (Å²) in [5.74, 6) is -6.26. The summed E-state index contributed by atoms with van der Waals surface area (Å²) < 4.78 is 98.8. The molecule has 3 nitrogen and oxygen atoms in total. The third-order valence-corrected chi connectivity index (χ3v) is 2.33. The Bertz CT molecular complexity index is 334. The van der Waals surface area contributed by atoms with Gasteiger partial charge in [0.05, 0.1) is 0 Å². The van der Waals surface area contributed by atoms with Crippen molar-refractivity contribution in [1.29, 1.82) is 0 Å². The van der Waals surface area contributed by atoms with Gasteiger partial charge in [0.2, 0.25) is 11.8 Å². The van der Waals surface area contributed by atoms with Gasteiger partial charge >= 0.3 is 18.4 Å². The zero-order chi connectivity index (χ0) is 14.5. The maximum absolute atomic E-state index is 13.2. The molecule has 1 heterocycles. The average molecular weight is 286 g/mol. The zero-order valence-corrected chi connectivity index (χ0v) is 8.32. The molecule has 18 heavy (non-hydrogen) atoms. The molecule has 2 unspecified atom stereocenters. The Morgan fingerprint density at radius 2 is 1.44 bits per heavy atom. The molecular weight excluding hydrogens is 280 g/mol. The standard InChI is InChI=1S/C7H6F8N2O/c8-5(9,10)4(6(11,12)13)7(14,15)17-1-2(17)3(16)18/h2,4H,1H2,(H2,16,18). The van der Waals surface area contributed by atoms with Crippen LogP contribution in [-0.4, -0.2) is 41.8 Å². The molecule has 1 aliphatic heterocycles. The Labute approximate surface area is 94.5 Å². The molecule has 1 aliphatic rings. The van der Waals surface area contributed by atoms with E-state index in [0.29, 0.717) is 0 Å². The minimum Gasteiger partial charge on any atom is -0.368 e. The second-order valence-electron chi connectivity index (χ2n) is 3.67. The minimum absolute atomic E-state index is 0.527. The predicted molar refractivity (Wildman–Crippen MR) is 40.2 cm³/mol. The van der Waals surface area contributed by atoms with Crippen molar-refractivity contribution in [3.63, 3.8) is 0 Å². The van der Waals surface area contributed by atoms with Crippen molar-refractivity contribution in [2.45, 2.75) is 24.4 Å². The first-order valence-electron chi connectivity index (χ1n) is 4.37. The summed E-state index contributed by atoms with van der Waals surface area (Å²) in [5.41, 5.74) is 4.53. The molecule has 2 atom stereocenters. The van der Waals surface area contributed by atoms with E-state index in [4.69, 9.17) is 0 Å². The molecule has 1 rings (SSSR count). The highest BCUT2D eigenvalue weighted by molar-refractivity contribution is 5.83. The molecule has 0 radical (unpaired) electrons. The van der Waals surface area contributed by atoms with Gasteiger partial charge in [0, 0.05) is 6.54 Å². The van der Waals surface area contributed by atoms with Crippen LogP contribution in [0.15, 0.2) is 0 Å². The highest BCUT2D eigenvalue weighted by Gasteiger charge is 2.74. The van der Waals surface area contributed by atoms with Gasteiger partial charge in [-0.1, -0.05) is 0 Å². The Hall–Kier alpha value is -1.13. The molecule has 1 amide bonds. The highest BCUT2D eigenvalue weighted by Crippen LogP contribution is 2.52. The fraction of sp³-hybridized carbons (Fsp3) is 0.857. The molecule has 0 aromatic rings. The molecule has 0 spiro atoms. The van der Waals surface area contributed by atoms with E-state index in [9.17, 15) is 39.9 Å². The van der Waals surface area contributed by atoms with Crippen LogP contribution in [0.5, 0.6) is 0 Å². The van der Waals surface area contributed by atoms with E-state index in [1.54, 1.807) is 0 Å². The lowest BCUT2D eigenvalue weighted by Crippen LogP contribution is -2.53. The van der Waals surface area contributed by atoms with Crippen LogP contribution in [0.1, 0.15) is 0 Å². The predicted octanol–water partition coefficient (Wildman–Crippen LogP) is 1.49. The summed E-state index contributed by atoms with van der Waals surface area (Å²) in [7, 11) is 0. The summed E-state index contributed by atoms with van der Waals surface area (Å²) in [6.45, 7) is -0.939. The van der Waals surface area contributed by atoms with Crippen molar-refractivity contribution in [2.75, 3.05) is 6.54 Å². The SMILES string of the molecule is NC(=O)C1CN1C(F)(F)C(C(F)(F)F)C(F)(F)F. The Balaban J connectivity index is 3.04. The number of hydrogen-bond donors (Lipinski definition) is 1. The van der Waals surface area contributed by atoms with E-state index >= 15 is 0 Å². The normalized spacial score (nSPS) is 25.4. The average Bonchev–Trinajstić information content (AvgIpc) is 2.72. The number of carbonyl (C=O) groups excluding carboxylic acids is 1. The second kappa shape index (κ2) is 3.93. The Morgan fingerprint density at radius 3 is 1.67 bits per heavy atom. The van der Waals surface area contributed by atoms with Gasteiger partial charge in [-0.25, -0.2) is 4.90 Å². The highest BCUT2D eigenvalue weighted by atomic mass is 19.4. The van der Waals surface area contributed by atoms with Gasteiger partial charge in [0.25, 0.3) is 0 Å². The third kappa shape index (κ3) is 2.65. The number of carbonyl (C=O) groups is 1. The fourth-order valence-electron chi connectivity index (χ4n) is 1.46. The second-order valence-corrected chi connectivity index (χ2v) is 3.67. The summed E-state index contributed by atoms with van der Waals surface area (Å²) in [5, 5.41) is 0. The third-order valence-electron chi connectivity index (χ3n) is 2.33. The molecule has 2 N–H and O–H groups in total. The fourth-order valence-corrected chi connectivity index (χ4v) is 1.46. The number of alkyl halides is 8. The van der Waals surface area contributed by atoms with Crippen molar-refractivity contribution in [3.05, 3.63) is 0 Å². The first kappa shape index (κ1) is 14.9. The number of rotatable bonds is 3. The summed E-state index contributed by atoms with van der Waals surface area (Å²) in [6, 6.07) is -7.08. The Morgan fingerprint density at radius 1 is 1.06 bits per heavy atom. The minimum atomic E-state index is -6.19. The van der Waals surface area contributed by atoms with E-state index in [2.05, 4.69) is 5.73 Å². The topological polar surface area (TPSA) is 46.1 Å². The van der Waals surface area contributed by atoms with Crippen molar-refractivity contribution >= 4 is 5.91 Å². The van der Waals surface area contributed by atoms with E-state index < -0.39 is 47.7 Å². The Kier molecular flexibility index (Phi) is 3.26. The summed E-state index contributed by atoms with van der Waals surface area (Å²) >= 11 is 0. The van der Waals surface area contributed by atoms with Crippen LogP contribution in [0.25, 0.3) is 0 Å². The first-order valence-corrected chi connectivity index (χ1v) is 4.37. The van der Waals surface area contributed by atoms with Crippen LogP contribution < -0.4 is 5.73 Å². The van der Waals surface area contributed by atoms with Gasteiger partial charge in [-0.3, -0.25) is 4.79 Å². The van der Waals surface area contributed by atoms with Crippen LogP contribution in [0.2, 0.25) is 0 Å². The quantitative estimate of drug-likeness (QED) is 0.485. The van der Waals surface area contributed by atoms with Gasteiger partial charge in [-0.2, -0.15) is 35.1 Å². The maximum atomic E-state index is 13.2. The van der Waals surface area contributed by atoms with Crippen LogP contribution in [-0.2, 0) is 4.79 Å². The van der Waals surface area contributed by atoms with Crippen molar-refractivity contribution in [1.82, 2.24) is 4.90 Å². The van der Waals surface area contributed by atoms with Crippen LogP contribution in [0.4, 0.5) is 35.1 Å². The van der Waals surface area contributed by atoms with E-state index in [1.807, 2.05) is 0 Å². The lowest BCUT2D eigenvalue weighted by Gasteiger charge is -2.31. The number of halogens is 8. The number of nitrogens with zero attached hydrogens (tertiary/aromatic N) is 1. The molecular formula is C7H6F8N2O. The number of primary amides is 1. The van der Waals surface area contributed by atoms with E-state index in [1.165, 1.54) is 0 Å². The molecule has 1 saturated heterocycles. The molecule has 0 aliphatic carbocycles. The van der Waals surface area contributed by atoms with Gasteiger partial charge < -0.3 is 5.73 Å². The van der Waals surface area contributed by atoms with Crippen molar-refractivity contribution < 1.29 is 39.9 Å². The van der Waals surface area contributed by atoms with E-state index in [-0.39, 0.29) is 0 Å². The summed E-state index contributed by atoms with van der Waals surface area (Å²) in [4.78, 5) is 9.90. The first-order chi connectivity index (χ1) is 7.79. The number of nitrogens with two attached hydrogens (primary N) is 1. The van der Waals surface area contributed by atoms with E-state index in [0.717, 1.165) is 0 Å². The molecule has 0 aromatic carbocycles. The number of hydrogen-bond acceptors (Lipinski definition) is 2. The molecule has 1 fully saturated rings. The monoisotopic (exact) mass is 286 g/mol. The molecule has 106 valence electrons. The lowest BCUT2D eigenvalue weighted by atomic mass is 10.1. The summed E-state index contributed by atoms with van der Waals surface area (Å²) in [6.07, 6.45) is -12.4. The molecule has 0 saturated carbocycles. The van der Waals surface area contributed by atoms with Gasteiger partial charge in [0.15, 0.2) is 0 Å². The van der Waals surface area contributed by atoms with Crippen LogP contribution in [0, 0.1) is 5.92 Å². The molecule has 11 heteroatoms. The maximum Gasteiger partial charge on any atom is 0.407 e. The number of amides is 1. The van der Waals surface area contributed by atoms with Gasteiger partial charge in [-0.15, -0.1) is 0 Å². The van der Waals surface area contributed by atoms with Crippen molar-refractivity contribution in [3.8, 4) is 0 Å². The molecule has 0 aromatic heterocycles.